The van der Waals surface area contributed by atoms with E-state index in [4.69, 9.17) is 4.74 Å². The maximum absolute atomic E-state index is 12.4. The van der Waals surface area contributed by atoms with Crippen LogP contribution in [0.4, 0.5) is 0 Å². The summed E-state index contributed by atoms with van der Waals surface area (Å²) in [6, 6.07) is 8.45. The van der Waals surface area contributed by atoms with Crippen LogP contribution in [0.25, 0.3) is 0 Å². The molecule has 0 amide bonds. The Balaban J connectivity index is 1.62. The lowest BCUT2D eigenvalue weighted by Gasteiger charge is -2.31. The number of rotatable bonds is 5. The van der Waals surface area contributed by atoms with Crippen molar-refractivity contribution in [2.75, 3.05) is 51.7 Å². The van der Waals surface area contributed by atoms with E-state index in [-0.39, 0.29) is 12.3 Å². The lowest BCUT2D eigenvalue weighted by Crippen LogP contribution is -2.45. The first-order valence-corrected chi connectivity index (χ1v) is 10.9. The number of nitrogens with zero attached hydrogens (tertiary/aromatic N) is 3. The Kier molecular flexibility index (Phi) is 6.50. The predicted octanol–water partition coefficient (Wildman–Crippen LogP) is 0.672. The van der Waals surface area contributed by atoms with Crippen molar-refractivity contribution in [3.8, 4) is 0 Å². The van der Waals surface area contributed by atoms with Crippen molar-refractivity contribution < 1.29 is 13.2 Å². The van der Waals surface area contributed by atoms with Crippen molar-refractivity contribution in [1.82, 2.24) is 14.5 Å². The third-order valence-electron chi connectivity index (χ3n) is 4.74. The van der Waals surface area contributed by atoms with Gasteiger partial charge in [0.15, 0.2) is 5.96 Å². The van der Waals surface area contributed by atoms with Crippen molar-refractivity contribution in [2.45, 2.75) is 19.9 Å². The molecule has 0 aliphatic carbocycles. The Morgan fingerprint density at radius 1 is 1.19 bits per heavy atom. The molecule has 1 aromatic rings. The van der Waals surface area contributed by atoms with E-state index in [1.54, 1.807) is 0 Å². The molecule has 2 aliphatic heterocycles. The molecule has 1 N–H and O–H groups in total. The van der Waals surface area contributed by atoms with Gasteiger partial charge in [0.25, 0.3) is 0 Å². The number of morpholine rings is 1. The molecule has 1 aromatic carbocycles. The van der Waals surface area contributed by atoms with E-state index in [2.05, 4.69) is 39.5 Å². The van der Waals surface area contributed by atoms with Crippen LogP contribution in [-0.4, -0.2) is 75.3 Å². The zero-order chi connectivity index (χ0) is 18.4. The highest BCUT2D eigenvalue weighted by Crippen LogP contribution is 2.18. The number of hydrogen-bond acceptors (Lipinski definition) is 4. The van der Waals surface area contributed by atoms with Gasteiger partial charge in [-0.05, 0) is 24.5 Å². The second kappa shape index (κ2) is 8.83. The minimum absolute atomic E-state index is 0.0340. The minimum atomic E-state index is -3.27. The van der Waals surface area contributed by atoms with Gasteiger partial charge in [-0.3, -0.25) is 4.99 Å². The fraction of sp³-hybridized carbons (Fsp3) is 0.611. The molecule has 8 heteroatoms. The molecule has 0 saturated carbocycles. The first kappa shape index (κ1) is 19.1. The predicted molar refractivity (Wildman–Crippen MR) is 103 cm³/mol. The highest BCUT2D eigenvalue weighted by molar-refractivity contribution is 7.89. The molecule has 0 radical (unpaired) electrons. The second-order valence-corrected chi connectivity index (χ2v) is 8.59. The van der Waals surface area contributed by atoms with Crippen molar-refractivity contribution in [2.24, 2.45) is 4.99 Å². The highest BCUT2D eigenvalue weighted by atomic mass is 32.2. The number of hydrogen-bond donors (Lipinski definition) is 1. The standard InChI is InChI=1S/C18H28N4O3S/c1-2-19-18(21-9-7-16-5-3-4-6-17(16)15-21)20-8-14-26(23,24)22-10-12-25-13-11-22/h3-6H,2,7-15H2,1H3,(H,19,20). The van der Waals surface area contributed by atoms with Gasteiger partial charge in [0.1, 0.15) is 0 Å². The molecule has 2 heterocycles. The Hall–Kier alpha value is -1.64. The number of ether oxygens (including phenoxy) is 1. The third kappa shape index (κ3) is 4.75. The summed E-state index contributed by atoms with van der Waals surface area (Å²) < 4.78 is 31.6. The fourth-order valence-electron chi connectivity index (χ4n) is 3.32. The average molecular weight is 381 g/mol. The SMILES string of the molecule is CCNC(=NCCS(=O)(=O)N1CCOCC1)N1CCc2ccccc2C1. The van der Waals surface area contributed by atoms with Crippen molar-refractivity contribution in [3.63, 3.8) is 0 Å². The van der Waals surface area contributed by atoms with E-state index in [0.29, 0.717) is 26.3 Å². The van der Waals surface area contributed by atoms with E-state index in [1.807, 2.05) is 6.92 Å². The number of aliphatic imine (C=N–C) groups is 1. The van der Waals surface area contributed by atoms with Crippen molar-refractivity contribution in [3.05, 3.63) is 35.4 Å². The van der Waals surface area contributed by atoms with E-state index < -0.39 is 10.0 Å². The molecular weight excluding hydrogens is 352 g/mol. The van der Waals surface area contributed by atoms with Crippen LogP contribution in [0.15, 0.2) is 29.3 Å². The first-order valence-electron chi connectivity index (χ1n) is 9.26. The van der Waals surface area contributed by atoms with E-state index in [9.17, 15) is 8.42 Å². The van der Waals surface area contributed by atoms with Gasteiger partial charge in [-0.2, -0.15) is 4.31 Å². The minimum Gasteiger partial charge on any atom is -0.379 e. The van der Waals surface area contributed by atoms with Gasteiger partial charge >= 0.3 is 0 Å². The monoisotopic (exact) mass is 380 g/mol. The van der Waals surface area contributed by atoms with Crippen LogP contribution in [-0.2, 0) is 27.7 Å². The second-order valence-electron chi connectivity index (χ2n) is 6.50. The summed E-state index contributed by atoms with van der Waals surface area (Å²) in [5.41, 5.74) is 2.69. The lowest BCUT2D eigenvalue weighted by molar-refractivity contribution is 0.0731. The number of sulfonamides is 1. The molecule has 0 aromatic heterocycles. The molecule has 26 heavy (non-hydrogen) atoms. The molecule has 144 valence electrons. The molecule has 3 rings (SSSR count). The summed E-state index contributed by atoms with van der Waals surface area (Å²) in [5.74, 6) is 0.825. The molecule has 0 unspecified atom stereocenters. The van der Waals surface area contributed by atoms with Crippen LogP contribution in [0.2, 0.25) is 0 Å². The summed E-state index contributed by atoms with van der Waals surface area (Å²) >= 11 is 0. The summed E-state index contributed by atoms with van der Waals surface area (Å²) in [7, 11) is -3.27. The van der Waals surface area contributed by atoms with Crippen LogP contribution in [0.5, 0.6) is 0 Å². The first-order chi connectivity index (χ1) is 12.6. The van der Waals surface area contributed by atoms with Crippen molar-refractivity contribution >= 4 is 16.0 Å². The molecule has 0 atom stereocenters. The van der Waals surface area contributed by atoms with Crippen LogP contribution >= 0.6 is 0 Å². The Bertz CT molecular complexity index is 730. The van der Waals surface area contributed by atoms with Gasteiger partial charge in [-0.1, -0.05) is 24.3 Å². The number of fused-ring (bicyclic) bond motifs is 1. The molecule has 1 saturated heterocycles. The fourth-order valence-corrected chi connectivity index (χ4v) is 4.61. The number of guanidine groups is 1. The maximum Gasteiger partial charge on any atom is 0.216 e. The summed E-state index contributed by atoms with van der Waals surface area (Å²) in [5, 5.41) is 3.30. The van der Waals surface area contributed by atoms with Crippen LogP contribution in [0, 0.1) is 0 Å². The molecule has 7 nitrogen and oxygen atoms in total. The topological polar surface area (TPSA) is 74.2 Å². The quantitative estimate of drug-likeness (QED) is 0.600. The normalized spacial score (nSPS) is 19.3. The largest absolute Gasteiger partial charge is 0.379 e. The van der Waals surface area contributed by atoms with Gasteiger partial charge in [0.05, 0.1) is 25.5 Å². The van der Waals surface area contributed by atoms with Gasteiger partial charge < -0.3 is 15.0 Å². The zero-order valence-corrected chi connectivity index (χ0v) is 16.2. The molecule has 0 spiro atoms. The van der Waals surface area contributed by atoms with Gasteiger partial charge in [0, 0.05) is 32.7 Å². The Morgan fingerprint density at radius 2 is 1.92 bits per heavy atom. The third-order valence-corrected chi connectivity index (χ3v) is 6.59. The lowest BCUT2D eigenvalue weighted by atomic mass is 10.0. The van der Waals surface area contributed by atoms with E-state index >= 15 is 0 Å². The molecule has 2 aliphatic rings. The molecule has 0 bridgehead atoms. The van der Waals surface area contributed by atoms with Gasteiger partial charge in [-0.25, -0.2) is 8.42 Å². The summed E-state index contributed by atoms with van der Waals surface area (Å²) in [6.45, 7) is 6.56. The maximum atomic E-state index is 12.4. The number of benzene rings is 1. The van der Waals surface area contributed by atoms with E-state index in [0.717, 1.165) is 32.0 Å². The Labute approximate surface area is 156 Å². The van der Waals surface area contributed by atoms with Crippen LogP contribution < -0.4 is 5.32 Å². The number of nitrogens with one attached hydrogen (secondary N) is 1. The summed E-state index contributed by atoms with van der Waals surface area (Å²) in [4.78, 5) is 6.79. The van der Waals surface area contributed by atoms with Crippen LogP contribution in [0.3, 0.4) is 0 Å². The van der Waals surface area contributed by atoms with Gasteiger partial charge in [-0.15, -0.1) is 0 Å². The van der Waals surface area contributed by atoms with Crippen molar-refractivity contribution in [1.29, 1.82) is 0 Å². The Morgan fingerprint density at radius 3 is 2.65 bits per heavy atom. The smallest absolute Gasteiger partial charge is 0.216 e. The highest BCUT2D eigenvalue weighted by Gasteiger charge is 2.24. The zero-order valence-electron chi connectivity index (χ0n) is 15.4. The van der Waals surface area contributed by atoms with Crippen LogP contribution in [0.1, 0.15) is 18.1 Å². The molecule has 1 fully saturated rings. The summed E-state index contributed by atoms with van der Waals surface area (Å²) in [6.07, 6.45) is 0.979. The van der Waals surface area contributed by atoms with Gasteiger partial charge in [0.2, 0.25) is 10.0 Å². The molecular formula is C18H28N4O3S. The average Bonchev–Trinajstić information content (AvgIpc) is 2.67. The van der Waals surface area contributed by atoms with E-state index in [1.165, 1.54) is 15.4 Å².